The number of halogens is 1. The summed E-state index contributed by atoms with van der Waals surface area (Å²) in [6.07, 6.45) is 2.36. The van der Waals surface area contributed by atoms with Gasteiger partial charge in [0.25, 0.3) is 5.91 Å². The van der Waals surface area contributed by atoms with E-state index in [2.05, 4.69) is 21.2 Å². The van der Waals surface area contributed by atoms with Gasteiger partial charge in [-0.3, -0.25) is 4.79 Å². The first kappa shape index (κ1) is 11.8. The minimum Gasteiger partial charge on any atom is -0.454 e. The van der Waals surface area contributed by atoms with E-state index in [9.17, 15) is 4.79 Å². The molecule has 0 spiro atoms. The molecule has 1 N–H and O–H groups in total. The number of ether oxygens (including phenoxy) is 2. The van der Waals surface area contributed by atoms with Crippen LogP contribution in [0, 0.1) is 5.41 Å². The molecule has 1 aromatic carbocycles. The number of carbonyl (C=O) groups excluding carboxylic acids is 1. The van der Waals surface area contributed by atoms with Gasteiger partial charge in [0.05, 0.1) is 0 Å². The number of nitrogens with one attached hydrogen (secondary N) is 1. The van der Waals surface area contributed by atoms with Crippen LogP contribution < -0.4 is 14.8 Å². The molecule has 0 bridgehead atoms. The third-order valence-electron chi connectivity index (χ3n) is 3.50. The molecule has 0 aromatic heterocycles. The molecule has 5 heteroatoms. The first-order chi connectivity index (χ1) is 8.72. The molecule has 1 amide bonds. The van der Waals surface area contributed by atoms with Crippen molar-refractivity contribution in [3.8, 4) is 11.5 Å². The molecule has 1 saturated carbocycles. The first-order valence-electron chi connectivity index (χ1n) is 5.96. The molecule has 0 unspecified atom stereocenters. The number of benzene rings is 1. The molecule has 0 atom stereocenters. The topological polar surface area (TPSA) is 47.6 Å². The smallest absolute Gasteiger partial charge is 0.251 e. The van der Waals surface area contributed by atoms with Crippen LogP contribution in [0.1, 0.15) is 23.2 Å². The van der Waals surface area contributed by atoms with Crippen LogP contribution in [0.15, 0.2) is 18.2 Å². The molecule has 1 aromatic rings. The molecule has 3 rings (SSSR count). The minimum atomic E-state index is -0.0551. The van der Waals surface area contributed by atoms with E-state index in [1.807, 2.05) is 0 Å². The van der Waals surface area contributed by atoms with E-state index in [0.29, 0.717) is 17.1 Å². The summed E-state index contributed by atoms with van der Waals surface area (Å²) in [5, 5.41) is 3.92. The Morgan fingerprint density at radius 2 is 2.11 bits per heavy atom. The number of carbonyl (C=O) groups is 1. The van der Waals surface area contributed by atoms with Gasteiger partial charge in [-0.05, 0) is 36.5 Å². The minimum absolute atomic E-state index is 0.0551. The van der Waals surface area contributed by atoms with Gasteiger partial charge in [-0.25, -0.2) is 0 Å². The Balaban J connectivity index is 1.65. The van der Waals surface area contributed by atoms with E-state index < -0.39 is 0 Å². The van der Waals surface area contributed by atoms with E-state index in [-0.39, 0.29) is 18.1 Å². The first-order valence-corrected chi connectivity index (χ1v) is 7.08. The van der Waals surface area contributed by atoms with Crippen molar-refractivity contribution < 1.29 is 14.3 Å². The number of hydrogen-bond donors (Lipinski definition) is 1. The highest BCUT2D eigenvalue weighted by atomic mass is 79.9. The van der Waals surface area contributed by atoms with Gasteiger partial charge in [0.1, 0.15) is 0 Å². The van der Waals surface area contributed by atoms with Crippen LogP contribution in [-0.2, 0) is 0 Å². The lowest BCUT2D eigenvalue weighted by Crippen LogP contribution is -2.30. The number of rotatable bonds is 4. The fourth-order valence-corrected chi connectivity index (χ4v) is 2.70. The van der Waals surface area contributed by atoms with Crippen molar-refractivity contribution >= 4 is 21.8 Å². The Hall–Kier alpha value is -1.23. The average Bonchev–Trinajstić information content (AvgIpc) is 3.04. The zero-order chi connectivity index (χ0) is 12.6. The highest BCUT2D eigenvalue weighted by molar-refractivity contribution is 9.09. The second-order valence-corrected chi connectivity index (χ2v) is 5.45. The van der Waals surface area contributed by atoms with Crippen molar-refractivity contribution in [1.29, 1.82) is 0 Å². The van der Waals surface area contributed by atoms with Gasteiger partial charge in [0, 0.05) is 17.4 Å². The van der Waals surface area contributed by atoms with Gasteiger partial charge in [-0.2, -0.15) is 0 Å². The Bertz CT molecular complexity index is 485. The Morgan fingerprint density at radius 3 is 2.83 bits per heavy atom. The Morgan fingerprint density at radius 1 is 1.33 bits per heavy atom. The fourth-order valence-electron chi connectivity index (χ4n) is 1.94. The number of fused-ring (bicyclic) bond motifs is 1. The molecular formula is C13H14BrNO3. The Kier molecular flexibility index (Phi) is 2.93. The summed E-state index contributed by atoms with van der Waals surface area (Å²) < 4.78 is 10.5. The second kappa shape index (κ2) is 4.46. The summed E-state index contributed by atoms with van der Waals surface area (Å²) in [6, 6.07) is 5.26. The molecule has 0 radical (unpaired) electrons. The van der Waals surface area contributed by atoms with Gasteiger partial charge in [-0.1, -0.05) is 15.9 Å². The lowest BCUT2D eigenvalue weighted by atomic mass is 10.1. The predicted octanol–water partition coefficient (Wildman–Crippen LogP) is 2.32. The second-order valence-electron chi connectivity index (χ2n) is 4.88. The van der Waals surface area contributed by atoms with Crippen LogP contribution >= 0.6 is 15.9 Å². The predicted molar refractivity (Wildman–Crippen MR) is 70.4 cm³/mol. The fraction of sp³-hybridized carbons (Fsp3) is 0.462. The zero-order valence-corrected chi connectivity index (χ0v) is 11.5. The van der Waals surface area contributed by atoms with Crippen molar-refractivity contribution in [2.24, 2.45) is 5.41 Å². The maximum Gasteiger partial charge on any atom is 0.251 e. The summed E-state index contributed by atoms with van der Waals surface area (Å²) in [7, 11) is 0. The SMILES string of the molecule is O=C(NCC1(CBr)CC1)c1ccc2c(c1)OCO2. The highest BCUT2D eigenvalue weighted by Gasteiger charge is 2.41. The van der Waals surface area contributed by atoms with Crippen LogP contribution in [0.5, 0.6) is 11.5 Å². The number of alkyl halides is 1. The van der Waals surface area contributed by atoms with Crippen molar-refractivity contribution in [2.45, 2.75) is 12.8 Å². The van der Waals surface area contributed by atoms with Gasteiger partial charge in [-0.15, -0.1) is 0 Å². The van der Waals surface area contributed by atoms with Crippen LogP contribution in [-0.4, -0.2) is 24.6 Å². The van der Waals surface area contributed by atoms with Crippen molar-refractivity contribution in [3.63, 3.8) is 0 Å². The number of hydrogen-bond acceptors (Lipinski definition) is 3. The molecule has 1 heterocycles. The van der Waals surface area contributed by atoms with E-state index in [0.717, 1.165) is 11.9 Å². The summed E-state index contributed by atoms with van der Waals surface area (Å²) in [6.45, 7) is 0.957. The monoisotopic (exact) mass is 311 g/mol. The van der Waals surface area contributed by atoms with Gasteiger partial charge >= 0.3 is 0 Å². The summed E-state index contributed by atoms with van der Waals surface area (Å²) in [5.41, 5.74) is 0.899. The molecule has 1 aliphatic heterocycles. The van der Waals surface area contributed by atoms with Gasteiger partial charge < -0.3 is 14.8 Å². The van der Waals surface area contributed by atoms with Crippen LogP contribution in [0.4, 0.5) is 0 Å². The molecule has 96 valence electrons. The summed E-state index contributed by atoms with van der Waals surface area (Å²) in [4.78, 5) is 12.0. The summed E-state index contributed by atoms with van der Waals surface area (Å²) in [5.74, 6) is 1.29. The maximum absolute atomic E-state index is 12.0. The van der Waals surface area contributed by atoms with Crippen molar-refractivity contribution in [2.75, 3.05) is 18.7 Å². The largest absolute Gasteiger partial charge is 0.454 e. The molecule has 2 aliphatic rings. The normalized spacial score (nSPS) is 18.5. The lowest BCUT2D eigenvalue weighted by Gasteiger charge is -2.12. The van der Waals surface area contributed by atoms with E-state index in [1.54, 1.807) is 18.2 Å². The van der Waals surface area contributed by atoms with Gasteiger partial charge in [0.2, 0.25) is 6.79 Å². The Labute approximate surface area is 114 Å². The third-order valence-corrected chi connectivity index (χ3v) is 4.69. The van der Waals surface area contributed by atoms with Gasteiger partial charge in [0.15, 0.2) is 11.5 Å². The molecule has 4 nitrogen and oxygen atoms in total. The standard InChI is InChI=1S/C13H14BrNO3/c14-6-13(3-4-13)7-15-12(16)9-1-2-10-11(5-9)18-8-17-10/h1-2,5H,3-4,6-8H2,(H,15,16). The van der Waals surface area contributed by atoms with E-state index in [4.69, 9.17) is 9.47 Å². The zero-order valence-electron chi connectivity index (χ0n) is 9.87. The molecule has 18 heavy (non-hydrogen) atoms. The van der Waals surface area contributed by atoms with E-state index in [1.165, 1.54) is 12.8 Å². The molecule has 1 aliphatic carbocycles. The maximum atomic E-state index is 12.0. The summed E-state index contributed by atoms with van der Waals surface area (Å²) >= 11 is 3.49. The van der Waals surface area contributed by atoms with E-state index >= 15 is 0 Å². The van der Waals surface area contributed by atoms with Crippen LogP contribution in [0.25, 0.3) is 0 Å². The molecule has 0 saturated heterocycles. The van der Waals surface area contributed by atoms with Crippen molar-refractivity contribution in [3.05, 3.63) is 23.8 Å². The average molecular weight is 312 g/mol. The quantitative estimate of drug-likeness (QED) is 0.868. The van der Waals surface area contributed by atoms with Crippen LogP contribution in [0.3, 0.4) is 0 Å². The highest BCUT2D eigenvalue weighted by Crippen LogP contribution is 2.46. The third kappa shape index (κ3) is 2.19. The number of amides is 1. The lowest BCUT2D eigenvalue weighted by molar-refractivity contribution is 0.0946. The van der Waals surface area contributed by atoms with Crippen molar-refractivity contribution in [1.82, 2.24) is 5.32 Å². The molecule has 1 fully saturated rings. The molecular weight excluding hydrogens is 298 g/mol. The van der Waals surface area contributed by atoms with Crippen LogP contribution in [0.2, 0.25) is 0 Å².